The molecule has 2 rings (SSSR count). The highest BCUT2D eigenvalue weighted by atomic mass is 35.5. The van der Waals surface area contributed by atoms with Crippen LogP contribution in [0.1, 0.15) is 0 Å². The van der Waals surface area contributed by atoms with E-state index in [0.29, 0.717) is 10.6 Å². The summed E-state index contributed by atoms with van der Waals surface area (Å²) in [5.74, 6) is 0.225. The molecule has 0 aliphatic rings. The highest BCUT2D eigenvalue weighted by molar-refractivity contribution is 6.33. The molecule has 0 aliphatic heterocycles. The van der Waals surface area contributed by atoms with Crippen molar-refractivity contribution in [3.8, 4) is 11.5 Å². The van der Waals surface area contributed by atoms with Crippen LogP contribution >= 0.6 is 11.6 Å². The Balaban J connectivity index is 2.46. The highest BCUT2D eigenvalue weighted by Crippen LogP contribution is 2.27. The minimum absolute atomic E-state index is 0.132. The summed E-state index contributed by atoms with van der Waals surface area (Å²) >= 11 is 5.91. The summed E-state index contributed by atoms with van der Waals surface area (Å²) in [5, 5.41) is 10.9. The Morgan fingerprint density at radius 2 is 2.13 bits per heavy atom. The van der Waals surface area contributed by atoms with Crippen molar-refractivity contribution in [1.82, 2.24) is 10.2 Å². The monoisotopic (exact) mass is 221 g/mol. The van der Waals surface area contributed by atoms with Gasteiger partial charge in [-0.3, -0.25) is 0 Å². The zero-order chi connectivity index (χ0) is 10.7. The number of hydrogen-bond donors (Lipinski definition) is 0. The number of halogens is 1. The molecule has 0 saturated heterocycles. The Bertz CT molecular complexity index is 531. The first-order chi connectivity index (χ1) is 7.31. The average molecular weight is 222 g/mol. The summed E-state index contributed by atoms with van der Waals surface area (Å²) in [7, 11) is 0. The summed E-state index contributed by atoms with van der Waals surface area (Å²) in [6.45, 7) is 0. The molecule has 0 radical (unpaired) electrons. The average Bonchev–Trinajstić information content (AvgIpc) is 2.68. The van der Waals surface area contributed by atoms with Crippen LogP contribution in [0.5, 0.6) is 0 Å². The summed E-state index contributed by atoms with van der Waals surface area (Å²) in [6, 6.07) is 6.88. The van der Waals surface area contributed by atoms with E-state index in [9.17, 15) is 0 Å². The van der Waals surface area contributed by atoms with E-state index < -0.39 is 0 Å². The van der Waals surface area contributed by atoms with Crippen LogP contribution in [0, 0.1) is 0 Å². The zero-order valence-corrected chi connectivity index (χ0v) is 8.09. The first-order valence-corrected chi connectivity index (χ1v) is 4.32. The van der Waals surface area contributed by atoms with Crippen molar-refractivity contribution in [2.45, 2.75) is 0 Å². The third kappa shape index (κ3) is 1.90. The van der Waals surface area contributed by atoms with E-state index in [1.54, 1.807) is 24.3 Å². The van der Waals surface area contributed by atoms with E-state index in [1.165, 1.54) is 0 Å². The van der Waals surface area contributed by atoms with Gasteiger partial charge in [-0.1, -0.05) is 23.7 Å². The van der Waals surface area contributed by atoms with Gasteiger partial charge in [-0.05, 0) is 17.7 Å². The second kappa shape index (κ2) is 4.00. The van der Waals surface area contributed by atoms with Gasteiger partial charge in [0.1, 0.15) is 0 Å². The van der Waals surface area contributed by atoms with Gasteiger partial charge in [-0.25, -0.2) is 0 Å². The van der Waals surface area contributed by atoms with E-state index >= 15 is 0 Å². The van der Waals surface area contributed by atoms with E-state index in [0.717, 1.165) is 0 Å². The predicted molar refractivity (Wildman–Crippen MR) is 53.6 cm³/mol. The van der Waals surface area contributed by atoms with Crippen LogP contribution < -0.4 is 0 Å². The molecular formula is C8H4ClN5O. The number of aromatic nitrogens is 2. The van der Waals surface area contributed by atoms with Gasteiger partial charge in [-0.15, -0.1) is 10.2 Å². The highest BCUT2D eigenvalue weighted by Gasteiger charge is 2.09. The smallest absolute Gasteiger partial charge is 0.304 e. The molecule has 2 aromatic rings. The van der Waals surface area contributed by atoms with E-state index in [2.05, 4.69) is 20.2 Å². The van der Waals surface area contributed by atoms with Crippen LogP contribution in [-0.4, -0.2) is 10.2 Å². The fourth-order valence-electron chi connectivity index (χ4n) is 1.04. The van der Waals surface area contributed by atoms with E-state index in [1.807, 2.05) is 0 Å². The standard InChI is InChI=1S/C8H4ClN5O/c9-6-4-2-1-3-5(6)7-11-12-8(15-7)13-14-10/h1-4H. The molecule has 0 saturated carbocycles. The van der Waals surface area contributed by atoms with Gasteiger partial charge >= 0.3 is 6.01 Å². The molecule has 15 heavy (non-hydrogen) atoms. The molecule has 0 unspecified atom stereocenters. The van der Waals surface area contributed by atoms with E-state index in [-0.39, 0.29) is 11.9 Å². The van der Waals surface area contributed by atoms with Crippen LogP contribution in [0.25, 0.3) is 21.9 Å². The van der Waals surface area contributed by atoms with Gasteiger partial charge in [-0.2, -0.15) is 0 Å². The van der Waals surface area contributed by atoms with Crippen molar-refractivity contribution in [3.63, 3.8) is 0 Å². The molecule has 0 N–H and O–H groups in total. The molecule has 6 nitrogen and oxygen atoms in total. The van der Waals surface area contributed by atoms with Crippen molar-refractivity contribution in [2.24, 2.45) is 5.11 Å². The number of azide groups is 1. The van der Waals surface area contributed by atoms with Gasteiger partial charge in [0.15, 0.2) is 0 Å². The van der Waals surface area contributed by atoms with Gasteiger partial charge < -0.3 is 4.42 Å². The first-order valence-electron chi connectivity index (χ1n) is 3.95. The molecule has 1 aromatic carbocycles. The van der Waals surface area contributed by atoms with Crippen LogP contribution in [0.4, 0.5) is 6.01 Å². The lowest BCUT2D eigenvalue weighted by Crippen LogP contribution is -1.78. The van der Waals surface area contributed by atoms with Crippen molar-refractivity contribution in [3.05, 3.63) is 39.7 Å². The maximum absolute atomic E-state index is 8.16. The topological polar surface area (TPSA) is 87.7 Å². The largest absolute Gasteiger partial charge is 0.415 e. The van der Waals surface area contributed by atoms with Crippen molar-refractivity contribution in [2.75, 3.05) is 0 Å². The van der Waals surface area contributed by atoms with Gasteiger partial charge in [0, 0.05) is 10.0 Å². The fraction of sp³-hybridized carbons (Fsp3) is 0. The minimum atomic E-state index is -0.132. The normalized spacial score (nSPS) is 9.67. The lowest BCUT2D eigenvalue weighted by molar-refractivity contribution is 0.578. The second-order valence-electron chi connectivity index (χ2n) is 2.56. The third-order valence-corrected chi connectivity index (χ3v) is 1.98. The van der Waals surface area contributed by atoms with Gasteiger partial charge in [0.05, 0.1) is 10.6 Å². The lowest BCUT2D eigenvalue weighted by atomic mass is 10.2. The molecule has 7 heteroatoms. The molecule has 0 bridgehead atoms. The quantitative estimate of drug-likeness (QED) is 0.443. The molecule has 0 fully saturated rings. The van der Waals surface area contributed by atoms with Crippen molar-refractivity contribution in [1.29, 1.82) is 0 Å². The zero-order valence-electron chi connectivity index (χ0n) is 7.33. The Kier molecular flexibility index (Phi) is 2.53. The molecule has 0 aliphatic carbocycles. The third-order valence-electron chi connectivity index (χ3n) is 1.65. The predicted octanol–water partition coefficient (Wildman–Crippen LogP) is 3.33. The first kappa shape index (κ1) is 9.51. The minimum Gasteiger partial charge on any atom is -0.415 e. The SMILES string of the molecule is [N-]=[N+]=Nc1nnc(-c2ccccc2Cl)o1. The molecule has 74 valence electrons. The fourth-order valence-corrected chi connectivity index (χ4v) is 1.25. The Labute approximate surface area is 89.1 Å². The Morgan fingerprint density at radius 3 is 2.87 bits per heavy atom. The van der Waals surface area contributed by atoms with E-state index in [4.69, 9.17) is 21.5 Å². The number of benzene rings is 1. The number of rotatable bonds is 2. The summed E-state index contributed by atoms with van der Waals surface area (Å²) in [5.41, 5.74) is 8.76. The molecule has 0 atom stereocenters. The van der Waals surface area contributed by atoms with Crippen LogP contribution in [-0.2, 0) is 0 Å². The van der Waals surface area contributed by atoms with Gasteiger partial charge in [0.2, 0.25) is 5.89 Å². The van der Waals surface area contributed by atoms with Crippen LogP contribution in [0.3, 0.4) is 0 Å². The maximum atomic E-state index is 8.16. The summed E-state index contributed by atoms with van der Waals surface area (Å²) in [4.78, 5) is 2.53. The molecule has 1 heterocycles. The van der Waals surface area contributed by atoms with Crippen molar-refractivity contribution < 1.29 is 4.42 Å². The maximum Gasteiger partial charge on any atom is 0.304 e. The number of hydrogen-bond acceptors (Lipinski definition) is 4. The molecule has 1 aromatic heterocycles. The van der Waals surface area contributed by atoms with Crippen LogP contribution in [0.15, 0.2) is 33.8 Å². The van der Waals surface area contributed by atoms with Gasteiger partial charge in [0.25, 0.3) is 0 Å². The Hall–Kier alpha value is -2.04. The second-order valence-corrected chi connectivity index (χ2v) is 2.97. The molecule has 0 amide bonds. The number of nitrogens with zero attached hydrogens (tertiary/aromatic N) is 5. The lowest BCUT2D eigenvalue weighted by Gasteiger charge is -1.95. The molecular weight excluding hydrogens is 218 g/mol. The van der Waals surface area contributed by atoms with Crippen LogP contribution in [0.2, 0.25) is 5.02 Å². The molecule has 0 spiro atoms. The Morgan fingerprint density at radius 1 is 1.33 bits per heavy atom. The van der Waals surface area contributed by atoms with Crippen molar-refractivity contribution >= 4 is 17.6 Å². The summed E-state index contributed by atoms with van der Waals surface area (Å²) in [6.07, 6.45) is 0. The summed E-state index contributed by atoms with van der Waals surface area (Å²) < 4.78 is 5.06.